The van der Waals surface area contributed by atoms with Crippen LogP contribution >= 0.6 is 11.5 Å². The van der Waals surface area contributed by atoms with Crippen LogP contribution in [-0.4, -0.2) is 21.9 Å². The number of hydrogen-bond donors (Lipinski definition) is 2. The zero-order chi connectivity index (χ0) is 18.3. The van der Waals surface area contributed by atoms with E-state index in [0.717, 1.165) is 28.3 Å². The van der Waals surface area contributed by atoms with E-state index in [9.17, 15) is 4.79 Å². The second kappa shape index (κ2) is 6.46. The molecule has 0 aliphatic rings. The number of amides is 1. The lowest BCUT2D eigenvalue weighted by Gasteiger charge is -2.08. The van der Waals surface area contributed by atoms with Crippen LogP contribution in [0.1, 0.15) is 23.0 Å². The van der Waals surface area contributed by atoms with E-state index >= 15 is 0 Å². The Morgan fingerprint density at radius 2 is 1.92 bits per heavy atom. The molecule has 0 saturated heterocycles. The van der Waals surface area contributed by atoms with Crippen molar-refractivity contribution in [2.75, 3.05) is 17.7 Å². The van der Waals surface area contributed by atoms with E-state index in [1.165, 1.54) is 28.0 Å². The minimum absolute atomic E-state index is 0.140. The first-order chi connectivity index (χ1) is 12.6. The summed E-state index contributed by atoms with van der Waals surface area (Å²) >= 11 is 1.30. The molecule has 0 saturated carbocycles. The second-order valence-corrected chi connectivity index (χ2v) is 6.94. The fourth-order valence-electron chi connectivity index (χ4n) is 3.47. The van der Waals surface area contributed by atoms with Gasteiger partial charge in [-0.05, 0) is 49.6 Å². The monoisotopic (exact) mass is 364 g/mol. The van der Waals surface area contributed by atoms with E-state index in [1.807, 2.05) is 19.1 Å². The maximum absolute atomic E-state index is 12.7. The van der Waals surface area contributed by atoms with Crippen molar-refractivity contribution in [1.29, 1.82) is 0 Å². The molecular formula is C20H20N4OS. The highest BCUT2D eigenvalue weighted by molar-refractivity contribution is 7.10. The number of aromatic nitrogens is 2. The van der Waals surface area contributed by atoms with E-state index in [2.05, 4.69) is 56.8 Å². The van der Waals surface area contributed by atoms with Gasteiger partial charge in [0.05, 0.1) is 11.3 Å². The summed E-state index contributed by atoms with van der Waals surface area (Å²) in [5.41, 5.74) is 4.52. The lowest BCUT2D eigenvalue weighted by Crippen LogP contribution is -2.14. The highest BCUT2D eigenvalue weighted by atomic mass is 32.1. The molecule has 0 spiro atoms. The molecule has 0 bridgehead atoms. The molecule has 2 aromatic carbocycles. The average molecular weight is 364 g/mol. The van der Waals surface area contributed by atoms with Gasteiger partial charge in [0, 0.05) is 41.1 Å². The molecule has 1 amide bonds. The first-order valence-corrected chi connectivity index (χ1v) is 9.37. The van der Waals surface area contributed by atoms with Crippen molar-refractivity contribution in [3.63, 3.8) is 0 Å². The Hall–Kier alpha value is -2.86. The van der Waals surface area contributed by atoms with Crippen LogP contribution in [0.25, 0.3) is 21.8 Å². The molecule has 2 N–H and O–H groups in total. The van der Waals surface area contributed by atoms with Crippen molar-refractivity contribution >= 4 is 49.9 Å². The predicted molar refractivity (Wildman–Crippen MR) is 109 cm³/mol. The molecule has 4 rings (SSSR count). The minimum Gasteiger partial charge on any atom is -0.378 e. The molecule has 0 aliphatic carbocycles. The molecule has 4 aromatic rings. The Kier molecular flexibility index (Phi) is 4.12. The number of rotatable bonds is 4. The Balaban J connectivity index is 1.77. The van der Waals surface area contributed by atoms with Gasteiger partial charge < -0.3 is 15.2 Å². The molecule has 0 radical (unpaired) electrons. The summed E-state index contributed by atoms with van der Waals surface area (Å²) < 4.78 is 6.56. The van der Waals surface area contributed by atoms with Crippen molar-refractivity contribution in [3.8, 4) is 0 Å². The van der Waals surface area contributed by atoms with Gasteiger partial charge in [-0.15, -0.1) is 0 Å². The van der Waals surface area contributed by atoms with Crippen molar-refractivity contribution < 1.29 is 4.79 Å². The van der Waals surface area contributed by atoms with Crippen LogP contribution in [0, 0.1) is 6.92 Å². The second-order valence-electron chi connectivity index (χ2n) is 6.17. The third-order valence-corrected chi connectivity index (χ3v) is 5.62. The van der Waals surface area contributed by atoms with Gasteiger partial charge in [0.25, 0.3) is 5.91 Å². The van der Waals surface area contributed by atoms with E-state index in [0.29, 0.717) is 5.56 Å². The van der Waals surface area contributed by atoms with E-state index in [1.54, 1.807) is 7.05 Å². The maximum atomic E-state index is 12.7. The van der Waals surface area contributed by atoms with E-state index < -0.39 is 0 Å². The molecule has 0 unspecified atom stereocenters. The Bertz CT molecular complexity index is 1130. The van der Waals surface area contributed by atoms with Gasteiger partial charge >= 0.3 is 0 Å². The summed E-state index contributed by atoms with van der Waals surface area (Å²) in [4.78, 5) is 12.7. The summed E-state index contributed by atoms with van der Waals surface area (Å²) in [6.07, 6.45) is 0. The molecule has 0 aliphatic heterocycles. The largest absolute Gasteiger partial charge is 0.378 e. The number of carbonyl (C=O) groups is 1. The Morgan fingerprint density at radius 1 is 1.15 bits per heavy atom. The SMILES string of the molecule is CCn1c2ccccc2c2cc(NC(=O)c3c(C)nsc3NC)ccc21. The van der Waals surface area contributed by atoms with Crippen LogP contribution in [0.4, 0.5) is 10.7 Å². The van der Waals surface area contributed by atoms with Gasteiger partial charge in [-0.2, -0.15) is 4.37 Å². The highest BCUT2D eigenvalue weighted by Crippen LogP contribution is 2.31. The molecule has 0 atom stereocenters. The van der Waals surface area contributed by atoms with Gasteiger partial charge in [0.2, 0.25) is 0 Å². The predicted octanol–water partition coefficient (Wildman–Crippen LogP) is 4.87. The third-order valence-electron chi connectivity index (χ3n) is 4.66. The number of hydrogen-bond acceptors (Lipinski definition) is 4. The van der Waals surface area contributed by atoms with Gasteiger partial charge in [-0.3, -0.25) is 4.79 Å². The molecule has 0 fully saturated rings. The fourth-order valence-corrected chi connectivity index (χ4v) is 4.22. The molecule has 5 nitrogen and oxygen atoms in total. The molecular weight excluding hydrogens is 344 g/mol. The smallest absolute Gasteiger partial charge is 0.260 e. The van der Waals surface area contributed by atoms with Gasteiger partial charge in [-0.1, -0.05) is 18.2 Å². The summed E-state index contributed by atoms with van der Waals surface area (Å²) in [7, 11) is 1.80. The first-order valence-electron chi connectivity index (χ1n) is 8.60. The minimum atomic E-state index is -0.140. The molecule has 132 valence electrons. The number of aryl methyl sites for hydroxylation is 2. The zero-order valence-corrected chi connectivity index (χ0v) is 15.8. The molecule has 2 aromatic heterocycles. The number of fused-ring (bicyclic) bond motifs is 3. The summed E-state index contributed by atoms with van der Waals surface area (Å²) in [6, 6.07) is 14.5. The van der Waals surface area contributed by atoms with Crippen LogP contribution in [0.3, 0.4) is 0 Å². The molecule has 26 heavy (non-hydrogen) atoms. The summed E-state index contributed by atoms with van der Waals surface area (Å²) in [6.45, 7) is 4.90. The molecule has 6 heteroatoms. The molecule has 2 heterocycles. The highest BCUT2D eigenvalue weighted by Gasteiger charge is 2.18. The van der Waals surface area contributed by atoms with E-state index in [4.69, 9.17) is 0 Å². The number of anilines is 2. The Labute approximate surface area is 155 Å². The summed E-state index contributed by atoms with van der Waals surface area (Å²) in [5, 5.41) is 9.19. The summed E-state index contributed by atoms with van der Waals surface area (Å²) in [5.74, 6) is -0.140. The first kappa shape index (κ1) is 16.6. The van der Waals surface area contributed by atoms with Crippen molar-refractivity contribution in [1.82, 2.24) is 8.94 Å². The van der Waals surface area contributed by atoms with Crippen molar-refractivity contribution in [2.45, 2.75) is 20.4 Å². The van der Waals surface area contributed by atoms with Gasteiger partial charge in [0.1, 0.15) is 5.00 Å². The van der Waals surface area contributed by atoms with Crippen LogP contribution in [-0.2, 0) is 6.54 Å². The van der Waals surface area contributed by atoms with Crippen molar-refractivity contribution in [2.24, 2.45) is 0 Å². The van der Waals surface area contributed by atoms with Crippen LogP contribution in [0.15, 0.2) is 42.5 Å². The quantitative estimate of drug-likeness (QED) is 0.543. The average Bonchev–Trinajstić information content (AvgIpc) is 3.19. The number of carbonyl (C=O) groups excluding carboxylic acids is 1. The topological polar surface area (TPSA) is 59.0 Å². The van der Waals surface area contributed by atoms with E-state index in [-0.39, 0.29) is 5.91 Å². The lowest BCUT2D eigenvalue weighted by atomic mass is 10.1. The van der Waals surface area contributed by atoms with Crippen LogP contribution in [0.5, 0.6) is 0 Å². The third kappa shape index (κ3) is 2.54. The standard InChI is InChI=1S/C20H20N4OS/c1-4-24-16-8-6-5-7-14(16)15-11-13(9-10-17(15)24)22-19(25)18-12(2)23-26-20(18)21-3/h5-11,21H,4H2,1-3H3,(H,22,25). The van der Waals surface area contributed by atoms with Crippen LogP contribution in [0.2, 0.25) is 0 Å². The number of para-hydroxylation sites is 1. The normalized spacial score (nSPS) is 11.2. The number of benzene rings is 2. The number of nitrogens with zero attached hydrogens (tertiary/aromatic N) is 2. The fraction of sp³-hybridized carbons (Fsp3) is 0.200. The zero-order valence-electron chi connectivity index (χ0n) is 15.0. The van der Waals surface area contributed by atoms with Gasteiger partial charge in [0.15, 0.2) is 0 Å². The maximum Gasteiger partial charge on any atom is 0.260 e. The van der Waals surface area contributed by atoms with Gasteiger partial charge in [-0.25, -0.2) is 0 Å². The lowest BCUT2D eigenvalue weighted by molar-refractivity contribution is 0.102. The van der Waals surface area contributed by atoms with Crippen LogP contribution < -0.4 is 10.6 Å². The Morgan fingerprint density at radius 3 is 2.69 bits per heavy atom. The van der Waals surface area contributed by atoms with Crippen molar-refractivity contribution in [3.05, 3.63) is 53.7 Å². The number of nitrogens with one attached hydrogen (secondary N) is 2.